The van der Waals surface area contributed by atoms with E-state index < -0.39 is 18.0 Å². The number of aromatic nitrogens is 1. The van der Waals surface area contributed by atoms with Crippen LogP contribution < -0.4 is 40.2 Å². The molecule has 1 aromatic heterocycles. The van der Waals surface area contributed by atoms with Gasteiger partial charge in [-0.1, -0.05) is 54.6 Å². The van der Waals surface area contributed by atoms with E-state index in [1.165, 1.54) is 13.3 Å². The molecule has 4 amide bonds. The topological polar surface area (TPSA) is 166 Å². The average molecular weight is 778 g/mol. The Balaban J connectivity index is 1.24. The monoisotopic (exact) mass is 777 g/mol. The van der Waals surface area contributed by atoms with Crippen molar-refractivity contribution in [2.75, 3.05) is 26.9 Å². The van der Waals surface area contributed by atoms with E-state index in [1.54, 1.807) is 18.2 Å². The van der Waals surface area contributed by atoms with Crippen molar-refractivity contribution in [1.29, 1.82) is 0 Å². The Hall–Kier alpha value is -6.11. The van der Waals surface area contributed by atoms with E-state index in [-0.39, 0.29) is 61.6 Å². The number of para-hydroxylation sites is 1. The van der Waals surface area contributed by atoms with Gasteiger partial charge in [0.2, 0.25) is 23.6 Å². The molecule has 5 heterocycles. The van der Waals surface area contributed by atoms with Gasteiger partial charge in [-0.25, -0.2) is 4.98 Å². The second-order valence-corrected chi connectivity index (χ2v) is 14.3. The van der Waals surface area contributed by atoms with E-state index in [1.807, 2.05) is 73.7 Å². The second-order valence-electron chi connectivity index (χ2n) is 14.3. The van der Waals surface area contributed by atoms with Gasteiger partial charge in [0.05, 0.1) is 13.7 Å². The fourth-order valence-electron chi connectivity index (χ4n) is 7.20. The summed E-state index contributed by atoms with van der Waals surface area (Å²) in [5, 5.41) is 12.0. The minimum absolute atomic E-state index is 0.0555. The lowest BCUT2D eigenvalue weighted by Crippen LogP contribution is -2.52. The molecule has 5 aliphatic rings. The van der Waals surface area contributed by atoms with Crippen LogP contribution in [0.1, 0.15) is 67.3 Å². The summed E-state index contributed by atoms with van der Waals surface area (Å²) in [5.74, 6) is 0.525. The van der Waals surface area contributed by atoms with Crippen molar-refractivity contribution in [3.05, 3.63) is 113 Å². The van der Waals surface area contributed by atoms with Crippen molar-refractivity contribution in [2.45, 2.75) is 76.6 Å². The van der Waals surface area contributed by atoms with Gasteiger partial charge in [-0.2, -0.15) is 0 Å². The summed E-state index contributed by atoms with van der Waals surface area (Å²) in [6, 6.07) is 23.7. The summed E-state index contributed by atoms with van der Waals surface area (Å²) >= 11 is 0. The highest BCUT2D eigenvalue weighted by atomic mass is 16.5. The summed E-state index contributed by atoms with van der Waals surface area (Å²) in [4.78, 5) is 58.8. The molecule has 2 atom stereocenters. The number of carbonyl (C=O) groups excluding carboxylic acids is 4. The first-order valence-electron chi connectivity index (χ1n) is 19.6. The Morgan fingerprint density at radius 3 is 2.33 bits per heavy atom. The van der Waals surface area contributed by atoms with Gasteiger partial charge in [0.15, 0.2) is 18.1 Å². The SMILES string of the molecule is CCOc1cccc2c1OCC(=O)NC1CCC(CC1)CC(=O)N[C@@H](c1ccnc(OC)c1)C(=O)N[C@H](Cc1ccccc1)C(=O)NCCc1ccc(cc1)OC2. The highest BCUT2D eigenvalue weighted by Crippen LogP contribution is 2.33. The fourth-order valence-corrected chi connectivity index (χ4v) is 7.20. The maximum absolute atomic E-state index is 14.1. The van der Waals surface area contributed by atoms with Crippen molar-refractivity contribution in [2.24, 2.45) is 5.92 Å². The van der Waals surface area contributed by atoms with Crippen LogP contribution >= 0.6 is 0 Å². The van der Waals surface area contributed by atoms with Crippen LogP contribution in [0.3, 0.4) is 0 Å². The van der Waals surface area contributed by atoms with Crippen LogP contribution in [-0.2, 0) is 38.6 Å². The van der Waals surface area contributed by atoms with E-state index >= 15 is 0 Å². The quantitative estimate of drug-likeness (QED) is 0.216. The van der Waals surface area contributed by atoms with Crippen LogP contribution in [0.25, 0.3) is 0 Å². The van der Waals surface area contributed by atoms with Crippen LogP contribution in [0.5, 0.6) is 23.1 Å². The molecule has 1 fully saturated rings. The highest BCUT2D eigenvalue weighted by molar-refractivity contribution is 5.93. The number of ether oxygens (including phenoxy) is 4. The van der Waals surface area contributed by atoms with Crippen molar-refractivity contribution < 1.29 is 38.1 Å². The molecule has 57 heavy (non-hydrogen) atoms. The molecule has 4 N–H and O–H groups in total. The maximum Gasteiger partial charge on any atom is 0.258 e. The Morgan fingerprint density at radius 1 is 0.789 bits per heavy atom. The largest absolute Gasteiger partial charge is 0.490 e. The number of nitrogens with zero attached hydrogens (tertiary/aromatic N) is 1. The molecule has 13 nitrogen and oxygen atoms in total. The van der Waals surface area contributed by atoms with Crippen molar-refractivity contribution in [3.63, 3.8) is 0 Å². The van der Waals surface area contributed by atoms with Crippen molar-refractivity contribution in [3.8, 4) is 23.1 Å². The van der Waals surface area contributed by atoms with Gasteiger partial charge in [-0.15, -0.1) is 0 Å². The third-order valence-electron chi connectivity index (χ3n) is 10.2. The molecule has 0 unspecified atom stereocenters. The summed E-state index contributed by atoms with van der Waals surface area (Å²) in [6.45, 7) is 2.63. The molecule has 9 rings (SSSR count). The molecule has 4 aliphatic heterocycles. The first kappa shape index (κ1) is 40.6. The van der Waals surface area contributed by atoms with E-state index in [0.717, 1.165) is 16.7 Å². The zero-order valence-electron chi connectivity index (χ0n) is 32.5. The Bertz CT molecular complexity index is 1970. The molecule has 13 heteroatoms. The maximum atomic E-state index is 14.1. The van der Waals surface area contributed by atoms with E-state index in [9.17, 15) is 19.2 Å². The number of benzene rings is 3. The van der Waals surface area contributed by atoms with Gasteiger partial charge < -0.3 is 40.2 Å². The van der Waals surface area contributed by atoms with Gasteiger partial charge >= 0.3 is 0 Å². The molecule has 300 valence electrons. The number of amides is 4. The van der Waals surface area contributed by atoms with Crippen LogP contribution in [0, 0.1) is 5.92 Å². The summed E-state index contributed by atoms with van der Waals surface area (Å²) in [5.41, 5.74) is 3.04. The van der Waals surface area contributed by atoms with Crippen LogP contribution in [-0.4, -0.2) is 67.6 Å². The zero-order valence-corrected chi connectivity index (χ0v) is 32.5. The molecule has 0 saturated heterocycles. The van der Waals surface area contributed by atoms with Crippen molar-refractivity contribution in [1.82, 2.24) is 26.3 Å². The Labute approximate surface area is 333 Å². The predicted molar refractivity (Wildman–Crippen MR) is 213 cm³/mol. The molecule has 0 spiro atoms. The first-order chi connectivity index (χ1) is 27.8. The average Bonchev–Trinajstić information content (AvgIpc) is 3.22. The highest BCUT2D eigenvalue weighted by Gasteiger charge is 2.31. The summed E-state index contributed by atoms with van der Waals surface area (Å²) in [6.07, 6.45) is 5.30. The number of hydrogen-bond donors (Lipinski definition) is 4. The van der Waals surface area contributed by atoms with Crippen LogP contribution in [0.4, 0.5) is 0 Å². The van der Waals surface area contributed by atoms with Crippen LogP contribution in [0.2, 0.25) is 0 Å². The molecule has 4 bridgehead atoms. The lowest BCUT2D eigenvalue weighted by molar-refractivity contribution is -0.132. The lowest BCUT2D eigenvalue weighted by Gasteiger charge is -2.29. The minimum Gasteiger partial charge on any atom is -0.490 e. The van der Waals surface area contributed by atoms with Gasteiger partial charge in [0.1, 0.15) is 24.4 Å². The van der Waals surface area contributed by atoms with E-state index in [4.69, 9.17) is 18.9 Å². The lowest BCUT2D eigenvalue weighted by atomic mass is 9.84. The molecule has 3 aromatic carbocycles. The smallest absolute Gasteiger partial charge is 0.258 e. The zero-order chi connectivity index (χ0) is 40.0. The summed E-state index contributed by atoms with van der Waals surface area (Å²) < 4.78 is 23.4. The molecule has 1 aliphatic carbocycles. The number of carbonyl (C=O) groups is 4. The van der Waals surface area contributed by atoms with E-state index in [0.29, 0.717) is 68.1 Å². The van der Waals surface area contributed by atoms with Gasteiger partial charge in [-0.05, 0) is 85.9 Å². The molecule has 0 radical (unpaired) electrons. The number of methoxy groups -OCH3 is 1. The minimum atomic E-state index is -1.12. The number of hydrogen-bond acceptors (Lipinski definition) is 9. The predicted octanol–water partition coefficient (Wildman–Crippen LogP) is 4.77. The Morgan fingerprint density at radius 2 is 1.58 bits per heavy atom. The number of nitrogens with one attached hydrogen (secondary N) is 4. The normalized spacial score (nSPS) is 21.3. The molecule has 4 aromatic rings. The third-order valence-corrected chi connectivity index (χ3v) is 10.2. The summed E-state index contributed by atoms with van der Waals surface area (Å²) in [7, 11) is 1.47. The Kier molecular flexibility index (Phi) is 14.3. The van der Waals surface area contributed by atoms with Crippen LogP contribution in [0.15, 0.2) is 91.1 Å². The van der Waals surface area contributed by atoms with Gasteiger partial charge in [-0.3, -0.25) is 19.2 Å². The van der Waals surface area contributed by atoms with Crippen molar-refractivity contribution >= 4 is 23.6 Å². The number of rotatable bonds is 6. The van der Waals surface area contributed by atoms with E-state index in [2.05, 4.69) is 26.3 Å². The first-order valence-corrected chi connectivity index (χ1v) is 19.6. The standard InChI is InChI=1S/C44H51N5O8/c1-3-55-37-11-7-10-33-27-56-35-18-14-29(15-19-35)20-22-46-43(52)36(24-30-8-5-4-6-9-30)48-44(53)41(32-21-23-45-40(26-32)54-2)49-38(50)25-31-12-16-34(17-13-31)47-39(51)28-57-42(33)37/h4-11,14-15,18-19,21,23,26,31,34,36,41H,3,12-13,16-17,20,22,24-25,27-28H2,1-2H3,(H,46,52)(H,47,51)(H,48,53)(H,49,50)/t31?,34?,36-,41+/m1/s1. The molecular weight excluding hydrogens is 727 g/mol. The second kappa shape index (κ2) is 20.2. The third kappa shape index (κ3) is 11.7. The number of pyridine rings is 1. The van der Waals surface area contributed by atoms with Gasteiger partial charge in [0, 0.05) is 43.3 Å². The fraction of sp³-hybridized carbons (Fsp3) is 0.386. The molecule has 1 saturated carbocycles. The van der Waals surface area contributed by atoms with Gasteiger partial charge in [0.25, 0.3) is 5.91 Å². The molecular formula is C44H51N5O8.